The van der Waals surface area contributed by atoms with Gasteiger partial charge in [0.1, 0.15) is 17.1 Å². The summed E-state index contributed by atoms with van der Waals surface area (Å²) in [5.41, 5.74) is -0.456. The zero-order valence-corrected chi connectivity index (χ0v) is 15.9. The van der Waals surface area contributed by atoms with Gasteiger partial charge in [-0.05, 0) is 30.9 Å². The van der Waals surface area contributed by atoms with E-state index in [1.807, 2.05) is 13.8 Å². The molecule has 1 N–H and O–H groups in total. The summed E-state index contributed by atoms with van der Waals surface area (Å²) >= 11 is 1.19. The van der Waals surface area contributed by atoms with E-state index in [1.165, 1.54) is 28.0 Å². The Bertz CT molecular complexity index is 1100. The zero-order chi connectivity index (χ0) is 19.6. The van der Waals surface area contributed by atoms with Crippen molar-refractivity contribution in [2.75, 3.05) is 0 Å². The van der Waals surface area contributed by atoms with Gasteiger partial charge in [-0.3, -0.25) is 18.7 Å². The molecule has 8 heteroatoms. The average molecular weight is 389 g/mol. The summed E-state index contributed by atoms with van der Waals surface area (Å²) < 4.78 is 16.6. The molecule has 0 aliphatic heterocycles. The minimum Gasteiger partial charge on any atom is -0.352 e. The normalized spacial score (nSPS) is 12.3. The van der Waals surface area contributed by atoms with Crippen molar-refractivity contribution in [1.82, 2.24) is 14.5 Å². The van der Waals surface area contributed by atoms with E-state index in [0.29, 0.717) is 10.2 Å². The summed E-state index contributed by atoms with van der Waals surface area (Å²) in [7, 11) is 0. The monoisotopic (exact) mass is 389 g/mol. The summed E-state index contributed by atoms with van der Waals surface area (Å²) in [6, 6.07) is 7.62. The number of amides is 1. The third kappa shape index (κ3) is 3.85. The number of carbonyl (C=O) groups is 1. The van der Waals surface area contributed by atoms with Gasteiger partial charge >= 0.3 is 5.69 Å². The smallest absolute Gasteiger partial charge is 0.332 e. The molecule has 1 amide bonds. The van der Waals surface area contributed by atoms with Crippen LogP contribution in [0.2, 0.25) is 0 Å². The Labute approximate surface area is 158 Å². The second kappa shape index (κ2) is 7.87. The Balaban J connectivity index is 2.08. The number of nitrogens with one attached hydrogen (secondary N) is 1. The van der Waals surface area contributed by atoms with Crippen LogP contribution in [0.3, 0.4) is 0 Å². The van der Waals surface area contributed by atoms with Crippen LogP contribution in [0.1, 0.15) is 25.8 Å². The third-order valence-electron chi connectivity index (χ3n) is 4.44. The van der Waals surface area contributed by atoms with E-state index < -0.39 is 17.1 Å². The van der Waals surface area contributed by atoms with Crippen molar-refractivity contribution in [1.29, 1.82) is 0 Å². The van der Waals surface area contributed by atoms with E-state index in [2.05, 4.69) is 5.32 Å². The molecule has 2 aromatic heterocycles. The van der Waals surface area contributed by atoms with E-state index >= 15 is 0 Å². The van der Waals surface area contributed by atoms with Crippen LogP contribution in [-0.4, -0.2) is 21.1 Å². The topological polar surface area (TPSA) is 73.1 Å². The quantitative estimate of drug-likeness (QED) is 0.703. The van der Waals surface area contributed by atoms with Crippen molar-refractivity contribution in [3.05, 3.63) is 67.9 Å². The minimum atomic E-state index is -0.631. The molecule has 3 aromatic rings. The van der Waals surface area contributed by atoms with Gasteiger partial charge < -0.3 is 5.32 Å². The second-order valence-corrected chi connectivity index (χ2v) is 7.28. The molecule has 0 saturated carbocycles. The van der Waals surface area contributed by atoms with Crippen molar-refractivity contribution in [2.45, 2.75) is 39.4 Å². The molecule has 0 spiro atoms. The fourth-order valence-electron chi connectivity index (χ4n) is 2.79. The van der Waals surface area contributed by atoms with E-state index in [0.717, 1.165) is 11.0 Å². The van der Waals surface area contributed by atoms with E-state index in [9.17, 15) is 18.8 Å². The fourth-order valence-corrected chi connectivity index (χ4v) is 3.63. The fraction of sp³-hybridized carbons (Fsp3) is 0.316. The van der Waals surface area contributed by atoms with Gasteiger partial charge in [-0.25, -0.2) is 9.18 Å². The number of fused-ring (bicyclic) bond motifs is 1. The molecular formula is C19H20FN3O3S. The lowest BCUT2D eigenvalue weighted by Gasteiger charge is -2.15. The molecule has 0 bridgehead atoms. The number of thiophene rings is 1. The number of benzene rings is 1. The molecule has 1 unspecified atom stereocenters. The third-order valence-corrected chi connectivity index (χ3v) is 5.34. The zero-order valence-electron chi connectivity index (χ0n) is 15.1. The molecule has 2 heterocycles. The van der Waals surface area contributed by atoms with Crippen LogP contribution in [-0.2, 0) is 17.9 Å². The Morgan fingerprint density at radius 2 is 1.96 bits per heavy atom. The average Bonchev–Trinajstić information content (AvgIpc) is 3.13. The number of hydrogen-bond acceptors (Lipinski definition) is 4. The predicted octanol–water partition coefficient (Wildman–Crippen LogP) is 2.33. The van der Waals surface area contributed by atoms with Crippen molar-refractivity contribution < 1.29 is 9.18 Å². The number of halogens is 1. The van der Waals surface area contributed by atoms with Crippen LogP contribution in [0.4, 0.5) is 4.39 Å². The molecule has 1 atom stereocenters. The summed E-state index contributed by atoms with van der Waals surface area (Å²) in [5.74, 6) is -0.800. The number of hydrogen-bond donors (Lipinski definition) is 1. The highest BCUT2D eigenvalue weighted by Gasteiger charge is 2.18. The van der Waals surface area contributed by atoms with Crippen LogP contribution >= 0.6 is 11.3 Å². The standard InChI is InChI=1S/C19H20FN3O3S/c1-3-12(2)21-16(24)11-22-15-8-9-27-17(15)18(25)23(19(22)26)10-13-6-4-5-7-14(13)20/h4-9,12H,3,10-11H2,1-2H3,(H,21,24). The lowest BCUT2D eigenvalue weighted by molar-refractivity contribution is -0.122. The summed E-state index contributed by atoms with van der Waals surface area (Å²) in [4.78, 5) is 38.0. The maximum Gasteiger partial charge on any atom is 0.332 e. The van der Waals surface area contributed by atoms with Crippen LogP contribution in [0, 0.1) is 5.82 Å². The van der Waals surface area contributed by atoms with Gasteiger partial charge in [-0.2, -0.15) is 0 Å². The lowest BCUT2D eigenvalue weighted by Crippen LogP contribution is -2.43. The van der Waals surface area contributed by atoms with E-state index in [1.54, 1.807) is 23.6 Å². The molecule has 0 aliphatic rings. The van der Waals surface area contributed by atoms with Crippen LogP contribution in [0.15, 0.2) is 45.3 Å². The van der Waals surface area contributed by atoms with Gasteiger partial charge in [-0.15, -0.1) is 11.3 Å². The van der Waals surface area contributed by atoms with Crippen molar-refractivity contribution >= 4 is 27.5 Å². The molecule has 27 heavy (non-hydrogen) atoms. The van der Waals surface area contributed by atoms with Crippen molar-refractivity contribution in [3.63, 3.8) is 0 Å². The van der Waals surface area contributed by atoms with Gasteiger partial charge in [0.05, 0.1) is 12.1 Å². The molecule has 0 radical (unpaired) electrons. The highest BCUT2D eigenvalue weighted by atomic mass is 32.1. The Kier molecular flexibility index (Phi) is 5.55. The summed E-state index contributed by atoms with van der Waals surface area (Å²) in [5, 5.41) is 4.51. The SMILES string of the molecule is CCC(C)NC(=O)Cn1c(=O)n(Cc2ccccc2F)c(=O)c2sccc21. The maximum atomic E-state index is 14.0. The van der Waals surface area contributed by atoms with Crippen LogP contribution in [0.25, 0.3) is 10.2 Å². The first-order chi connectivity index (χ1) is 12.9. The number of aromatic nitrogens is 2. The van der Waals surface area contributed by atoms with Gasteiger partial charge in [-0.1, -0.05) is 25.1 Å². The first-order valence-corrected chi connectivity index (χ1v) is 9.54. The summed E-state index contributed by atoms with van der Waals surface area (Å²) in [6.07, 6.45) is 0.765. The lowest BCUT2D eigenvalue weighted by atomic mass is 10.2. The van der Waals surface area contributed by atoms with Gasteiger partial charge in [0, 0.05) is 11.6 Å². The molecule has 0 aliphatic carbocycles. The minimum absolute atomic E-state index is 0.0181. The Hall–Kier alpha value is -2.74. The maximum absolute atomic E-state index is 14.0. The highest BCUT2D eigenvalue weighted by molar-refractivity contribution is 7.17. The van der Waals surface area contributed by atoms with Crippen molar-refractivity contribution in [2.24, 2.45) is 0 Å². The number of rotatable bonds is 6. The van der Waals surface area contributed by atoms with Gasteiger partial charge in [0.25, 0.3) is 5.56 Å². The molecule has 1 aromatic carbocycles. The number of nitrogens with zero attached hydrogens (tertiary/aromatic N) is 2. The van der Waals surface area contributed by atoms with E-state index in [-0.39, 0.29) is 30.6 Å². The van der Waals surface area contributed by atoms with Crippen LogP contribution < -0.4 is 16.6 Å². The van der Waals surface area contributed by atoms with Crippen molar-refractivity contribution in [3.8, 4) is 0 Å². The molecular weight excluding hydrogens is 369 g/mol. The first-order valence-electron chi connectivity index (χ1n) is 8.66. The summed E-state index contributed by atoms with van der Waals surface area (Å²) in [6.45, 7) is 3.43. The van der Waals surface area contributed by atoms with Gasteiger partial charge in [0.2, 0.25) is 5.91 Å². The second-order valence-electron chi connectivity index (χ2n) is 6.36. The molecule has 0 fully saturated rings. The van der Waals surface area contributed by atoms with E-state index in [4.69, 9.17) is 0 Å². The first kappa shape index (κ1) is 19.0. The Morgan fingerprint density at radius 1 is 1.22 bits per heavy atom. The van der Waals surface area contributed by atoms with Crippen LogP contribution in [0.5, 0.6) is 0 Å². The molecule has 142 valence electrons. The largest absolute Gasteiger partial charge is 0.352 e. The van der Waals surface area contributed by atoms with Gasteiger partial charge in [0.15, 0.2) is 0 Å². The molecule has 0 saturated heterocycles. The molecule has 3 rings (SSSR count). The predicted molar refractivity (Wildman–Crippen MR) is 104 cm³/mol. The molecule has 6 nitrogen and oxygen atoms in total. The Morgan fingerprint density at radius 3 is 2.67 bits per heavy atom. The highest BCUT2D eigenvalue weighted by Crippen LogP contribution is 2.16. The number of carbonyl (C=O) groups excluding carboxylic acids is 1.